The van der Waals surface area contributed by atoms with Crippen LogP contribution < -0.4 is 15.0 Å². The number of fused-ring (bicyclic) bond motifs is 2. The summed E-state index contributed by atoms with van der Waals surface area (Å²) in [6, 6.07) is 5.45. The molecule has 0 bridgehead atoms. The molecule has 1 N–H and O–H groups in total. The molecule has 4 aromatic rings. The lowest BCUT2D eigenvalue weighted by Gasteiger charge is -2.28. The molecule has 1 aliphatic heterocycles. The summed E-state index contributed by atoms with van der Waals surface area (Å²) in [4.78, 5) is 28.0. The number of aromatic nitrogens is 5. The maximum Gasteiger partial charge on any atom is 0.228 e. The Labute approximate surface area is 209 Å². The SMILES string of the molecule is [2H]C([2H])([2H])C([2H])([2H])Oc1ncc(-c2nc3ccc(N4CCOCC4)cn3n2)c2cc(NC(=O)[C@H]3C[C@H]3C)ncc12. The number of anilines is 2. The zero-order valence-electron chi connectivity index (χ0n) is 24.1. The molecule has 1 saturated heterocycles. The first kappa shape index (κ1) is 16.8. The van der Waals surface area contributed by atoms with Gasteiger partial charge in [0, 0.05) is 46.5 Å². The van der Waals surface area contributed by atoms with Gasteiger partial charge in [0.05, 0.1) is 39.8 Å². The number of morpholine rings is 1. The van der Waals surface area contributed by atoms with Crippen LogP contribution in [0.4, 0.5) is 11.5 Å². The van der Waals surface area contributed by atoms with E-state index in [9.17, 15) is 4.79 Å². The van der Waals surface area contributed by atoms with Crippen molar-refractivity contribution in [3.8, 4) is 17.3 Å². The molecule has 10 heteroatoms. The molecule has 6 rings (SSSR count). The van der Waals surface area contributed by atoms with Crippen molar-refractivity contribution < 1.29 is 21.1 Å². The van der Waals surface area contributed by atoms with Gasteiger partial charge in [0.25, 0.3) is 0 Å². The van der Waals surface area contributed by atoms with Gasteiger partial charge in [-0.2, -0.15) is 0 Å². The molecule has 0 spiro atoms. The Kier molecular flexibility index (Phi) is 4.20. The molecule has 2 atom stereocenters. The molecule has 180 valence electrons. The van der Waals surface area contributed by atoms with Gasteiger partial charge in [0.1, 0.15) is 5.82 Å². The van der Waals surface area contributed by atoms with Crippen molar-refractivity contribution in [2.45, 2.75) is 20.2 Å². The second kappa shape index (κ2) is 8.77. The van der Waals surface area contributed by atoms with Gasteiger partial charge in [-0.05, 0) is 37.4 Å². The number of amides is 1. The van der Waals surface area contributed by atoms with Crippen molar-refractivity contribution in [1.82, 2.24) is 24.6 Å². The highest BCUT2D eigenvalue weighted by Gasteiger charge is 2.39. The van der Waals surface area contributed by atoms with E-state index in [2.05, 4.69) is 30.3 Å². The Morgan fingerprint density at radius 1 is 1.29 bits per heavy atom. The van der Waals surface area contributed by atoms with Gasteiger partial charge in [-0.3, -0.25) is 4.79 Å². The van der Waals surface area contributed by atoms with Crippen LogP contribution in [0.3, 0.4) is 0 Å². The van der Waals surface area contributed by atoms with E-state index < -0.39 is 13.4 Å². The molecule has 35 heavy (non-hydrogen) atoms. The first-order chi connectivity index (χ1) is 19.0. The Morgan fingerprint density at radius 2 is 2.14 bits per heavy atom. The van der Waals surface area contributed by atoms with Crippen LogP contribution in [0.5, 0.6) is 5.88 Å². The topological polar surface area (TPSA) is 107 Å². The molecule has 2 aliphatic rings. The van der Waals surface area contributed by atoms with Gasteiger partial charge in [0.15, 0.2) is 11.5 Å². The molecule has 10 nitrogen and oxygen atoms in total. The summed E-state index contributed by atoms with van der Waals surface area (Å²) in [6.07, 6.45) is 5.47. The number of hydrogen-bond donors (Lipinski definition) is 1. The van der Waals surface area contributed by atoms with E-state index in [-0.39, 0.29) is 28.9 Å². The number of carbonyl (C=O) groups excluding carboxylic acids is 1. The zero-order valence-corrected chi connectivity index (χ0v) is 19.1. The predicted molar refractivity (Wildman–Crippen MR) is 132 cm³/mol. The second-order valence-corrected chi connectivity index (χ2v) is 8.83. The number of hydrogen-bond acceptors (Lipinski definition) is 8. The van der Waals surface area contributed by atoms with Crippen LogP contribution in [0.2, 0.25) is 0 Å². The number of rotatable bonds is 6. The van der Waals surface area contributed by atoms with Gasteiger partial charge in [-0.1, -0.05) is 6.92 Å². The highest BCUT2D eigenvalue weighted by molar-refractivity contribution is 6.01. The van der Waals surface area contributed by atoms with Crippen LogP contribution in [0.1, 0.15) is 27.1 Å². The van der Waals surface area contributed by atoms with Crippen LogP contribution in [0.25, 0.3) is 27.8 Å². The molecule has 1 aliphatic carbocycles. The largest absolute Gasteiger partial charge is 0.477 e. The van der Waals surface area contributed by atoms with Crippen molar-refractivity contribution in [2.75, 3.05) is 43.1 Å². The van der Waals surface area contributed by atoms with Crippen LogP contribution in [-0.2, 0) is 9.53 Å². The fourth-order valence-corrected chi connectivity index (χ4v) is 4.39. The van der Waals surface area contributed by atoms with Crippen LogP contribution in [-0.4, -0.2) is 63.3 Å². The quantitative estimate of drug-likeness (QED) is 0.450. The maximum absolute atomic E-state index is 12.6. The lowest BCUT2D eigenvalue weighted by molar-refractivity contribution is -0.117. The van der Waals surface area contributed by atoms with Crippen molar-refractivity contribution in [3.05, 3.63) is 36.8 Å². The first-order valence-corrected chi connectivity index (χ1v) is 11.5. The monoisotopic (exact) mass is 478 g/mol. The average Bonchev–Trinajstić information content (AvgIpc) is 3.50. The molecular formula is C25H27N7O3. The number of nitrogens with zero attached hydrogens (tertiary/aromatic N) is 6. The average molecular weight is 479 g/mol. The molecule has 0 unspecified atom stereocenters. The van der Waals surface area contributed by atoms with Gasteiger partial charge in [0.2, 0.25) is 11.8 Å². The lowest BCUT2D eigenvalue weighted by Crippen LogP contribution is -2.36. The summed E-state index contributed by atoms with van der Waals surface area (Å²) in [7, 11) is 0. The highest BCUT2D eigenvalue weighted by Crippen LogP contribution is 2.39. The second-order valence-electron chi connectivity index (χ2n) is 8.83. The molecule has 0 aromatic carbocycles. The number of nitrogens with one attached hydrogen (secondary N) is 1. The molecule has 0 radical (unpaired) electrons. The highest BCUT2D eigenvalue weighted by atomic mass is 16.5. The van der Waals surface area contributed by atoms with Crippen molar-refractivity contribution in [2.24, 2.45) is 11.8 Å². The molecule has 1 saturated carbocycles. The number of ether oxygens (including phenoxy) is 2. The molecule has 5 heterocycles. The van der Waals surface area contributed by atoms with E-state index in [1.165, 1.54) is 12.4 Å². The smallest absolute Gasteiger partial charge is 0.228 e. The maximum atomic E-state index is 12.6. The fraction of sp³-hybridized carbons (Fsp3) is 0.400. The van der Waals surface area contributed by atoms with Crippen LogP contribution >= 0.6 is 0 Å². The minimum atomic E-state index is -3.05. The third-order valence-electron chi connectivity index (χ3n) is 6.51. The minimum Gasteiger partial charge on any atom is -0.477 e. The van der Waals surface area contributed by atoms with E-state index in [0.29, 0.717) is 41.6 Å². The lowest BCUT2D eigenvalue weighted by atomic mass is 10.1. The molecule has 1 amide bonds. The Bertz CT molecular complexity index is 1600. The molecule has 2 fully saturated rings. The van der Waals surface area contributed by atoms with Gasteiger partial charge in [-0.15, -0.1) is 5.10 Å². The number of pyridine rings is 3. The van der Waals surface area contributed by atoms with E-state index in [1.807, 2.05) is 25.3 Å². The summed E-state index contributed by atoms with van der Waals surface area (Å²) < 4.78 is 50.7. The Balaban J connectivity index is 1.42. The first-order valence-electron chi connectivity index (χ1n) is 14.0. The number of carbonyl (C=O) groups is 1. The van der Waals surface area contributed by atoms with E-state index >= 15 is 0 Å². The zero-order chi connectivity index (χ0) is 28.2. The summed E-state index contributed by atoms with van der Waals surface area (Å²) in [5.74, 6) is 0.479. The molecule has 4 aromatic heterocycles. The van der Waals surface area contributed by atoms with Gasteiger partial charge < -0.3 is 19.7 Å². The van der Waals surface area contributed by atoms with Crippen molar-refractivity contribution in [3.63, 3.8) is 0 Å². The Hall–Kier alpha value is -3.79. The predicted octanol–water partition coefficient (Wildman–Crippen LogP) is 3.17. The third kappa shape index (κ3) is 4.14. The summed E-state index contributed by atoms with van der Waals surface area (Å²) in [6.45, 7) is -1.20. The summed E-state index contributed by atoms with van der Waals surface area (Å²) in [5, 5.41) is 8.21. The normalized spacial score (nSPS) is 22.7. The minimum absolute atomic E-state index is 0.0689. The van der Waals surface area contributed by atoms with E-state index in [0.717, 1.165) is 25.2 Å². The van der Waals surface area contributed by atoms with Gasteiger partial charge in [-0.25, -0.2) is 19.5 Å². The fourth-order valence-electron chi connectivity index (χ4n) is 4.39. The summed E-state index contributed by atoms with van der Waals surface area (Å²) in [5.41, 5.74) is 2.06. The van der Waals surface area contributed by atoms with Crippen molar-refractivity contribution in [1.29, 1.82) is 0 Å². The summed E-state index contributed by atoms with van der Waals surface area (Å²) >= 11 is 0. The van der Waals surface area contributed by atoms with Crippen molar-refractivity contribution >= 4 is 33.8 Å². The van der Waals surface area contributed by atoms with E-state index in [1.54, 1.807) is 10.6 Å². The standard InChI is InChI=1S/C25H27N7O3/c1-3-35-25-20-13-26-21(28-24(33)17-10-15(17)2)11-18(20)19(12-27-25)23-29-22-5-4-16(14-32(22)30-23)31-6-8-34-9-7-31/h4-5,11-15,17H,3,6-10H2,1-2H3,(H,26,28,33)/t15-,17+/m1/s1/i1D3,3D2. The van der Waals surface area contributed by atoms with Crippen LogP contribution in [0, 0.1) is 11.8 Å². The van der Waals surface area contributed by atoms with Crippen LogP contribution in [0.15, 0.2) is 36.8 Å². The third-order valence-corrected chi connectivity index (χ3v) is 6.51. The molecular weight excluding hydrogens is 446 g/mol. The van der Waals surface area contributed by atoms with Gasteiger partial charge >= 0.3 is 0 Å². The van der Waals surface area contributed by atoms with E-state index in [4.69, 9.17) is 16.3 Å². The Morgan fingerprint density at radius 3 is 2.94 bits per heavy atom.